The summed E-state index contributed by atoms with van der Waals surface area (Å²) in [4.78, 5) is 0. The topological polar surface area (TPSA) is 12.0 Å². The number of thiophene rings is 1. The Labute approximate surface area is 99.0 Å². The van der Waals surface area contributed by atoms with Crippen molar-refractivity contribution in [2.24, 2.45) is 0 Å². The second kappa shape index (κ2) is 5.29. The summed E-state index contributed by atoms with van der Waals surface area (Å²) >= 11 is 5.34. The van der Waals surface area contributed by atoms with Gasteiger partial charge in [0.15, 0.2) is 0 Å². The standard InChI is InChI=1S/C11H18BrNS/c1-7(2)13-9(4)8(3)10-5-14-6-11(10)12/h5-9,13H,1-4H3. The maximum atomic E-state index is 3.58. The van der Waals surface area contributed by atoms with Crippen molar-refractivity contribution in [3.63, 3.8) is 0 Å². The number of halogens is 1. The van der Waals surface area contributed by atoms with Gasteiger partial charge in [-0.1, -0.05) is 20.8 Å². The van der Waals surface area contributed by atoms with E-state index >= 15 is 0 Å². The van der Waals surface area contributed by atoms with Crippen molar-refractivity contribution < 1.29 is 0 Å². The maximum absolute atomic E-state index is 3.58. The zero-order valence-electron chi connectivity index (χ0n) is 9.17. The van der Waals surface area contributed by atoms with Gasteiger partial charge < -0.3 is 5.32 Å². The van der Waals surface area contributed by atoms with E-state index in [0.29, 0.717) is 18.0 Å². The molecule has 2 unspecified atom stereocenters. The quantitative estimate of drug-likeness (QED) is 0.876. The first kappa shape index (κ1) is 12.2. The van der Waals surface area contributed by atoms with E-state index in [4.69, 9.17) is 0 Å². The second-order valence-corrected chi connectivity index (χ2v) is 5.67. The van der Waals surface area contributed by atoms with Gasteiger partial charge in [-0.05, 0) is 39.7 Å². The van der Waals surface area contributed by atoms with Gasteiger partial charge in [0.25, 0.3) is 0 Å². The lowest BCUT2D eigenvalue weighted by Crippen LogP contribution is -2.35. The van der Waals surface area contributed by atoms with Crippen molar-refractivity contribution in [3.8, 4) is 0 Å². The zero-order valence-corrected chi connectivity index (χ0v) is 11.6. The van der Waals surface area contributed by atoms with Crippen LogP contribution in [0.1, 0.15) is 39.2 Å². The molecule has 3 heteroatoms. The molecular weight excluding hydrogens is 258 g/mol. The van der Waals surface area contributed by atoms with E-state index in [0.717, 1.165) is 0 Å². The first-order valence-corrected chi connectivity index (χ1v) is 6.73. The first-order chi connectivity index (χ1) is 6.52. The third-order valence-corrected chi connectivity index (χ3v) is 4.23. The fraction of sp³-hybridized carbons (Fsp3) is 0.636. The Morgan fingerprint density at radius 2 is 1.86 bits per heavy atom. The zero-order chi connectivity index (χ0) is 10.7. The highest BCUT2D eigenvalue weighted by Gasteiger charge is 2.17. The lowest BCUT2D eigenvalue weighted by atomic mass is 9.96. The van der Waals surface area contributed by atoms with E-state index in [1.807, 2.05) is 0 Å². The summed E-state index contributed by atoms with van der Waals surface area (Å²) in [5.74, 6) is 0.554. The molecule has 1 aromatic rings. The van der Waals surface area contributed by atoms with Gasteiger partial charge in [-0.25, -0.2) is 0 Å². The lowest BCUT2D eigenvalue weighted by molar-refractivity contribution is 0.439. The van der Waals surface area contributed by atoms with Crippen LogP contribution < -0.4 is 5.32 Å². The van der Waals surface area contributed by atoms with Gasteiger partial charge >= 0.3 is 0 Å². The monoisotopic (exact) mass is 275 g/mol. The molecule has 0 spiro atoms. The SMILES string of the molecule is CC(C)NC(C)C(C)c1cscc1Br. The molecule has 0 aliphatic carbocycles. The van der Waals surface area contributed by atoms with Crippen LogP contribution in [0.25, 0.3) is 0 Å². The van der Waals surface area contributed by atoms with Gasteiger partial charge in [0.05, 0.1) is 0 Å². The van der Waals surface area contributed by atoms with Crippen LogP contribution in [-0.2, 0) is 0 Å². The number of hydrogen-bond acceptors (Lipinski definition) is 2. The van der Waals surface area contributed by atoms with Crippen LogP contribution in [0, 0.1) is 0 Å². The molecule has 0 bridgehead atoms. The largest absolute Gasteiger partial charge is 0.311 e. The van der Waals surface area contributed by atoms with Gasteiger partial charge in [0, 0.05) is 21.9 Å². The molecule has 0 aliphatic rings. The molecule has 0 aliphatic heterocycles. The Morgan fingerprint density at radius 1 is 1.21 bits per heavy atom. The summed E-state index contributed by atoms with van der Waals surface area (Å²) in [7, 11) is 0. The summed E-state index contributed by atoms with van der Waals surface area (Å²) in [6, 6.07) is 1.06. The highest BCUT2D eigenvalue weighted by Crippen LogP contribution is 2.30. The Morgan fingerprint density at radius 3 is 2.29 bits per heavy atom. The third-order valence-electron chi connectivity index (χ3n) is 2.48. The minimum atomic E-state index is 0.515. The molecule has 0 fully saturated rings. The third kappa shape index (κ3) is 3.07. The average molecular weight is 276 g/mol. The Bertz CT molecular complexity index is 283. The fourth-order valence-corrected chi connectivity index (χ4v) is 3.32. The molecular formula is C11H18BrNS. The van der Waals surface area contributed by atoms with Crippen molar-refractivity contribution in [1.29, 1.82) is 0 Å². The minimum absolute atomic E-state index is 0.515. The Kier molecular flexibility index (Phi) is 4.61. The maximum Gasteiger partial charge on any atom is 0.0317 e. The molecule has 1 nitrogen and oxygen atoms in total. The van der Waals surface area contributed by atoms with E-state index in [-0.39, 0.29) is 0 Å². The van der Waals surface area contributed by atoms with E-state index in [2.05, 4.69) is 59.7 Å². The smallest absolute Gasteiger partial charge is 0.0317 e. The van der Waals surface area contributed by atoms with E-state index < -0.39 is 0 Å². The predicted octanol–water partition coefficient (Wildman–Crippen LogP) is 4.00. The number of hydrogen-bond donors (Lipinski definition) is 1. The summed E-state index contributed by atoms with van der Waals surface area (Å²) < 4.78 is 1.24. The second-order valence-electron chi connectivity index (χ2n) is 4.07. The molecule has 14 heavy (non-hydrogen) atoms. The van der Waals surface area contributed by atoms with Crippen LogP contribution in [-0.4, -0.2) is 12.1 Å². The highest BCUT2D eigenvalue weighted by atomic mass is 79.9. The molecule has 1 aromatic heterocycles. The van der Waals surface area contributed by atoms with E-state index in [1.54, 1.807) is 11.3 Å². The predicted molar refractivity (Wildman–Crippen MR) is 68.2 cm³/mol. The average Bonchev–Trinajstić information content (AvgIpc) is 2.48. The Hall–Kier alpha value is 0.140. The van der Waals surface area contributed by atoms with E-state index in [1.165, 1.54) is 10.0 Å². The number of nitrogens with one attached hydrogen (secondary N) is 1. The molecule has 80 valence electrons. The molecule has 1 N–H and O–H groups in total. The van der Waals surface area contributed by atoms with Crippen LogP contribution in [0.15, 0.2) is 15.2 Å². The van der Waals surface area contributed by atoms with Gasteiger partial charge in [-0.3, -0.25) is 0 Å². The van der Waals surface area contributed by atoms with Crippen LogP contribution in [0.3, 0.4) is 0 Å². The summed E-state index contributed by atoms with van der Waals surface area (Å²) in [5, 5.41) is 7.92. The van der Waals surface area contributed by atoms with Crippen molar-refractivity contribution in [2.75, 3.05) is 0 Å². The first-order valence-electron chi connectivity index (χ1n) is 5.00. The van der Waals surface area contributed by atoms with Crippen LogP contribution >= 0.6 is 27.3 Å². The van der Waals surface area contributed by atoms with Crippen LogP contribution in [0.5, 0.6) is 0 Å². The molecule has 0 amide bonds. The normalized spacial score (nSPS) is 15.9. The molecule has 0 radical (unpaired) electrons. The molecule has 1 rings (SSSR count). The molecule has 0 saturated heterocycles. The fourth-order valence-electron chi connectivity index (χ4n) is 1.56. The van der Waals surface area contributed by atoms with Crippen molar-refractivity contribution in [1.82, 2.24) is 5.32 Å². The highest BCUT2D eigenvalue weighted by molar-refractivity contribution is 9.10. The molecule has 2 atom stereocenters. The molecule has 0 saturated carbocycles. The van der Waals surface area contributed by atoms with E-state index in [9.17, 15) is 0 Å². The van der Waals surface area contributed by atoms with Crippen molar-refractivity contribution in [3.05, 3.63) is 20.8 Å². The minimum Gasteiger partial charge on any atom is -0.311 e. The summed E-state index contributed by atoms with van der Waals surface area (Å²) in [6.45, 7) is 8.89. The van der Waals surface area contributed by atoms with Crippen LogP contribution in [0.2, 0.25) is 0 Å². The van der Waals surface area contributed by atoms with Crippen LogP contribution in [0.4, 0.5) is 0 Å². The van der Waals surface area contributed by atoms with Gasteiger partial charge in [0.1, 0.15) is 0 Å². The lowest BCUT2D eigenvalue weighted by Gasteiger charge is -2.23. The van der Waals surface area contributed by atoms with Gasteiger partial charge in [-0.2, -0.15) is 11.3 Å². The molecule has 0 aromatic carbocycles. The van der Waals surface area contributed by atoms with Gasteiger partial charge in [0.2, 0.25) is 0 Å². The summed E-state index contributed by atoms with van der Waals surface area (Å²) in [6.07, 6.45) is 0. The summed E-state index contributed by atoms with van der Waals surface area (Å²) in [5.41, 5.74) is 1.41. The molecule has 1 heterocycles. The van der Waals surface area contributed by atoms with Gasteiger partial charge in [-0.15, -0.1) is 0 Å². The van der Waals surface area contributed by atoms with Crippen molar-refractivity contribution in [2.45, 2.75) is 45.7 Å². The van der Waals surface area contributed by atoms with Crippen molar-refractivity contribution >= 4 is 27.3 Å². The Balaban J connectivity index is 2.65. The number of rotatable bonds is 4.